The normalized spacial score (nSPS) is 21.8. The van der Waals surface area contributed by atoms with Crippen molar-refractivity contribution in [2.24, 2.45) is 0 Å². The van der Waals surface area contributed by atoms with Crippen LogP contribution < -0.4 is 0 Å². The van der Waals surface area contributed by atoms with Gasteiger partial charge in [-0.15, -0.1) is 0 Å². The summed E-state index contributed by atoms with van der Waals surface area (Å²) in [6.07, 6.45) is -6.93. The standard InChI is InChI=1S/C25H27ClF6N2OS/c1-3-16-10-15(12-34-18-6-7-19(34)14-33(13-18)36-2)4-8-20(16)21-9-5-17(11-22(21)26)23(35,24(27,28)29)25(30,31)32/h4-5,8-11,18-19,35H,3,6-7,12-14H2,1-2H3. The highest BCUT2D eigenvalue weighted by atomic mass is 35.5. The maximum atomic E-state index is 13.3. The number of hydrogen-bond donors (Lipinski definition) is 1. The molecule has 0 radical (unpaired) electrons. The molecule has 11 heteroatoms. The second kappa shape index (κ2) is 10.0. The number of aliphatic hydroxyl groups is 1. The third kappa shape index (κ3) is 4.87. The zero-order chi connectivity index (χ0) is 26.5. The van der Waals surface area contributed by atoms with E-state index in [9.17, 15) is 31.4 Å². The van der Waals surface area contributed by atoms with Crippen LogP contribution in [0.3, 0.4) is 0 Å². The highest BCUT2D eigenvalue weighted by Gasteiger charge is 2.71. The van der Waals surface area contributed by atoms with Crippen molar-refractivity contribution in [2.75, 3.05) is 19.3 Å². The Balaban J connectivity index is 1.62. The number of halogens is 7. The fraction of sp³-hybridized carbons (Fsp3) is 0.520. The number of alkyl halides is 6. The van der Waals surface area contributed by atoms with Crippen molar-refractivity contribution in [1.29, 1.82) is 0 Å². The van der Waals surface area contributed by atoms with E-state index in [4.69, 9.17) is 11.6 Å². The van der Waals surface area contributed by atoms with E-state index in [0.29, 0.717) is 41.8 Å². The summed E-state index contributed by atoms with van der Waals surface area (Å²) in [4.78, 5) is 2.53. The quantitative estimate of drug-likeness (QED) is 0.315. The lowest BCUT2D eigenvalue weighted by atomic mass is 9.89. The van der Waals surface area contributed by atoms with Gasteiger partial charge in [-0.25, -0.2) is 4.31 Å². The number of benzene rings is 2. The number of fused-ring (bicyclic) bond motifs is 2. The molecule has 1 N–H and O–H groups in total. The fourth-order valence-corrected chi connectivity index (χ4v) is 6.24. The molecule has 0 aliphatic carbocycles. The van der Waals surface area contributed by atoms with Gasteiger partial charge in [0.2, 0.25) is 0 Å². The Labute approximate surface area is 215 Å². The molecule has 36 heavy (non-hydrogen) atoms. The summed E-state index contributed by atoms with van der Waals surface area (Å²) in [6.45, 7) is 4.74. The van der Waals surface area contributed by atoms with Gasteiger partial charge in [0, 0.05) is 47.9 Å². The van der Waals surface area contributed by atoms with Crippen LogP contribution in [0, 0.1) is 0 Å². The van der Waals surface area contributed by atoms with Crippen LogP contribution in [0.5, 0.6) is 0 Å². The van der Waals surface area contributed by atoms with Gasteiger partial charge < -0.3 is 5.11 Å². The van der Waals surface area contributed by atoms with Gasteiger partial charge in [0.1, 0.15) is 0 Å². The number of nitrogens with zero attached hydrogens (tertiary/aromatic N) is 2. The van der Waals surface area contributed by atoms with Crippen molar-refractivity contribution < 1.29 is 31.4 Å². The molecule has 0 spiro atoms. The number of rotatable bonds is 6. The molecule has 2 aliphatic heterocycles. The molecule has 198 valence electrons. The lowest BCUT2D eigenvalue weighted by Crippen LogP contribution is -2.53. The molecule has 2 aromatic rings. The highest BCUT2D eigenvalue weighted by Crippen LogP contribution is 2.51. The second-order valence-electron chi connectivity index (χ2n) is 9.33. The van der Waals surface area contributed by atoms with Crippen molar-refractivity contribution in [3.8, 4) is 11.1 Å². The average molecular weight is 553 g/mol. The Morgan fingerprint density at radius 2 is 1.53 bits per heavy atom. The molecule has 4 rings (SSSR count). The van der Waals surface area contributed by atoms with E-state index >= 15 is 0 Å². The first-order valence-electron chi connectivity index (χ1n) is 11.6. The smallest absolute Gasteiger partial charge is 0.369 e. The first kappa shape index (κ1) is 27.6. The average Bonchev–Trinajstić information content (AvgIpc) is 3.03. The van der Waals surface area contributed by atoms with Crippen LogP contribution in [0.25, 0.3) is 11.1 Å². The van der Waals surface area contributed by atoms with Crippen molar-refractivity contribution in [2.45, 2.75) is 62.8 Å². The van der Waals surface area contributed by atoms with E-state index in [1.54, 1.807) is 11.9 Å². The van der Waals surface area contributed by atoms with Crippen molar-refractivity contribution in [1.82, 2.24) is 9.21 Å². The lowest BCUT2D eigenvalue weighted by Gasteiger charge is -2.40. The fourth-order valence-electron chi connectivity index (χ4n) is 5.32. The first-order chi connectivity index (χ1) is 16.8. The second-order valence-corrected chi connectivity index (χ2v) is 10.6. The van der Waals surface area contributed by atoms with Crippen molar-refractivity contribution >= 4 is 23.5 Å². The molecule has 2 fully saturated rings. The molecular formula is C25H27ClF6N2OS. The SMILES string of the molecule is CCc1cc(CN2C3CCC2CN(SC)C3)ccc1-c1ccc(C(O)(C(F)(F)F)C(F)(F)F)cc1Cl. The topological polar surface area (TPSA) is 26.7 Å². The zero-order valence-electron chi connectivity index (χ0n) is 19.8. The van der Waals surface area contributed by atoms with E-state index in [1.807, 2.05) is 25.1 Å². The number of piperazine rings is 1. The minimum absolute atomic E-state index is 0.298. The molecule has 2 bridgehead atoms. The van der Waals surface area contributed by atoms with Crippen LogP contribution in [-0.2, 0) is 18.6 Å². The third-order valence-corrected chi connectivity index (χ3v) is 8.40. The molecule has 2 aromatic carbocycles. The van der Waals surface area contributed by atoms with Gasteiger partial charge in [0.15, 0.2) is 0 Å². The van der Waals surface area contributed by atoms with Crippen LogP contribution in [0.15, 0.2) is 36.4 Å². The largest absolute Gasteiger partial charge is 0.430 e. The third-order valence-electron chi connectivity index (χ3n) is 7.27. The van der Waals surface area contributed by atoms with E-state index in [-0.39, 0.29) is 5.02 Å². The highest BCUT2D eigenvalue weighted by molar-refractivity contribution is 7.96. The molecule has 0 amide bonds. The molecule has 0 saturated carbocycles. The van der Waals surface area contributed by atoms with Gasteiger partial charge in [-0.2, -0.15) is 26.3 Å². The number of hydrogen-bond acceptors (Lipinski definition) is 4. The summed E-state index contributed by atoms with van der Waals surface area (Å²) in [7, 11) is 0. The zero-order valence-corrected chi connectivity index (χ0v) is 21.3. The Hall–Kier alpha value is -1.46. The summed E-state index contributed by atoms with van der Waals surface area (Å²) >= 11 is 7.97. The maximum absolute atomic E-state index is 13.3. The summed E-state index contributed by atoms with van der Waals surface area (Å²) in [6, 6.07) is 9.05. The predicted molar refractivity (Wildman–Crippen MR) is 130 cm³/mol. The van der Waals surface area contributed by atoms with E-state index in [1.165, 1.54) is 0 Å². The summed E-state index contributed by atoms with van der Waals surface area (Å²) in [5, 5.41) is 9.40. The molecule has 2 heterocycles. The van der Waals surface area contributed by atoms with Gasteiger partial charge in [-0.05, 0) is 48.3 Å². The monoisotopic (exact) mass is 552 g/mol. The van der Waals surface area contributed by atoms with Crippen molar-refractivity contribution in [3.05, 3.63) is 58.1 Å². The lowest BCUT2D eigenvalue weighted by molar-refractivity contribution is -0.376. The Kier molecular flexibility index (Phi) is 7.67. The molecule has 2 unspecified atom stereocenters. The predicted octanol–water partition coefficient (Wildman–Crippen LogP) is 6.81. The minimum Gasteiger partial charge on any atom is -0.369 e. The van der Waals surface area contributed by atoms with Crippen molar-refractivity contribution in [3.63, 3.8) is 0 Å². The molecule has 2 atom stereocenters. The molecule has 2 aliphatic rings. The van der Waals surface area contributed by atoms with Crippen LogP contribution >= 0.6 is 23.5 Å². The van der Waals surface area contributed by atoms with Gasteiger partial charge in [-0.1, -0.05) is 60.8 Å². The molecule has 2 saturated heterocycles. The first-order valence-corrected chi connectivity index (χ1v) is 13.2. The van der Waals surface area contributed by atoms with Gasteiger partial charge in [0.05, 0.1) is 0 Å². The van der Waals surface area contributed by atoms with Crippen LogP contribution in [-0.4, -0.2) is 58.1 Å². The Morgan fingerprint density at radius 3 is 2.03 bits per heavy atom. The number of aryl methyl sites for hydroxylation is 1. The molecule has 0 aromatic heterocycles. The molecule has 3 nitrogen and oxygen atoms in total. The van der Waals surface area contributed by atoms with Crippen LogP contribution in [0.4, 0.5) is 26.3 Å². The van der Waals surface area contributed by atoms with E-state index in [0.717, 1.165) is 49.7 Å². The van der Waals surface area contributed by atoms with Crippen LogP contribution in [0.2, 0.25) is 5.02 Å². The Bertz CT molecular complexity index is 1080. The molecular weight excluding hydrogens is 526 g/mol. The van der Waals surface area contributed by atoms with Gasteiger partial charge in [-0.3, -0.25) is 4.90 Å². The summed E-state index contributed by atoms with van der Waals surface area (Å²) in [5.74, 6) is 0. The van der Waals surface area contributed by atoms with E-state index in [2.05, 4.69) is 15.5 Å². The van der Waals surface area contributed by atoms with Gasteiger partial charge in [0.25, 0.3) is 5.60 Å². The maximum Gasteiger partial charge on any atom is 0.430 e. The van der Waals surface area contributed by atoms with Gasteiger partial charge >= 0.3 is 12.4 Å². The summed E-state index contributed by atoms with van der Waals surface area (Å²) < 4.78 is 82.1. The van der Waals surface area contributed by atoms with Crippen LogP contribution in [0.1, 0.15) is 36.5 Å². The minimum atomic E-state index is -5.97. The Morgan fingerprint density at radius 1 is 0.944 bits per heavy atom. The summed E-state index contributed by atoms with van der Waals surface area (Å²) in [5.41, 5.74) is -3.45. The van der Waals surface area contributed by atoms with E-state index < -0.39 is 23.5 Å².